The number of urea groups is 1. The van der Waals surface area contributed by atoms with E-state index >= 15 is 0 Å². The monoisotopic (exact) mass is 484 g/mol. The maximum absolute atomic E-state index is 13.7. The van der Waals surface area contributed by atoms with E-state index in [0.717, 1.165) is 23.0 Å². The summed E-state index contributed by atoms with van der Waals surface area (Å²) in [5.41, 5.74) is -0.289. The van der Waals surface area contributed by atoms with E-state index in [1.807, 2.05) is 0 Å². The number of anilines is 2. The Labute approximate surface area is 196 Å². The molecule has 0 bridgehead atoms. The standard InChI is InChI=1S/C23H19F3N6O3/c1-27-21(33)19-11-16(7-8-28-19)35-15-4-5-18(17(10-15)23(24,25)26)31-22(34)30-14-3-6-20-13(9-14)12-29-32(20)2/h3-12H,1-2H3,(H,27,33)(H2,30,31,34). The summed E-state index contributed by atoms with van der Waals surface area (Å²) in [5, 5.41) is 12.0. The van der Waals surface area contributed by atoms with E-state index in [2.05, 4.69) is 26.0 Å². The lowest BCUT2D eigenvalue weighted by Gasteiger charge is -2.16. The zero-order valence-electron chi connectivity index (χ0n) is 18.5. The molecule has 2 aromatic heterocycles. The van der Waals surface area contributed by atoms with Crippen molar-refractivity contribution < 1.29 is 27.5 Å². The molecular weight excluding hydrogens is 465 g/mol. The number of nitrogens with one attached hydrogen (secondary N) is 3. The molecule has 0 aliphatic carbocycles. The number of ether oxygens (including phenoxy) is 1. The predicted octanol–water partition coefficient (Wildman–Crippen LogP) is 4.78. The third kappa shape index (κ3) is 5.32. The first-order valence-electron chi connectivity index (χ1n) is 10.2. The van der Waals surface area contributed by atoms with E-state index in [-0.39, 0.29) is 17.2 Å². The molecular formula is C23H19F3N6O3. The molecule has 0 fully saturated rings. The molecule has 0 aliphatic heterocycles. The van der Waals surface area contributed by atoms with E-state index in [9.17, 15) is 22.8 Å². The maximum atomic E-state index is 13.7. The summed E-state index contributed by atoms with van der Waals surface area (Å²) in [6, 6.07) is 9.98. The Hall–Kier alpha value is -4.61. The summed E-state index contributed by atoms with van der Waals surface area (Å²) in [6.07, 6.45) is -1.87. The Bertz CT molecular complexity index is 1420. The number of halogens is 3. The molecule has 0 aliphatic rings. The quantitative estimate of drug-likeness (QED) is 0.378. The van der Waals surface area contributed by atoms with Crippen molar-refractivity contribution in [1.82, 2.24) is 20.1 Å². The van der Waals surface area contributed by atoms with Gasteiger partial charge in [0, 0.05) is 37.4 Å². The number of nitrogens with zero attached hydrogens (tertiary/aromatic N) is 3. The zero-order valence-corrected chi connectivity index (χ0v) is 18.5. The lowest BCUT2D eigenvalue weighted by molar-refractivity contribution is -0.137. The van der Waals surface area contributed by atoms with Crippen LogP contribution in [0.3, 0.4) is 0 Å². The van der Waals surface area contributed by atoms with Crippen molar-refractivity contribution in [3.8, 4) is 11.5 Å². The Kier molecular flexibility index (Phi) is 6.28. The second kappa shape index (κ2) is 9.33. The van der Waals surface area contributed by atoms with Gasteiger partial charge in [-0.1, -0.05) is 0 Å². The van der Waals surface area contributed by atoms with E-state index in [0.29, 0.717) is 5.69 Å². The fourth-order valence-electron chi connectivity index (χ4n) is 3.32. The van der Waals surface area contributed by atoms with Crippen LogP contribution >= 0.6 is 0 Å². The maximum Gasteiger partial charge on any atom is 0.418 e. The predicted molar refractivity (Wildman–Crippen MR) is 123 cm³/mol. The fraction of sp³-hybridized carbons (Fsp3) is 0.130. The van der Waals surface area contributed by atoms with E-state index < -0.39 is 29.4 Å². The van der Waals surface area contributed by atoms with Crippen molar-refractivity contribution in [2.45, 2.75) is 6.18 Å². The number of pyridine rings is 1. The number of fused-ring (bicyclic) bond motifs is 1. The number of rotatable bonds is 5. The van der Waals surface area contributed by atoms with Crippen molar-refractivity contribution in [2.75, 3.05) is 17.7 Å². The summed E-state index contributed by atoms with van der Waals surface area (Å²) >= 11 is 0. The third-order valence-electron chi connectivity index (χ3n) is 4.98. The molecule has 0 spiro atoms. The smallest absolute Gasteiger partial charge is 0.418 e. The Morgan fingerprint density at radius 2 is 1.77 bits per heavy atom. The molecule has 0 saturated heterocycles. The first-order valence-corrected chi connectivity index (χ1v) is 10.2. The van der Waals surface area contributed by atoms with Crippen LogP contribution in [-0.4, -0.2) is 33.8 Å². The minimum absolute atomic E-state index is 0.0421. The molecule has 2 heterocycles. The molecule has 4 aromatic rings. The Morgan fingerprint density at radius 1 is 1.00 bits per heavy atom. The van der Waals surface area contributed by atoms with Crippen LogP contribution in [0.15, 0.2) is 60.9 Å². The van der Waals surface area contributed by atoms with Crippen LogP contribution in [0.1, 0.15) is 16.1 Å². The van der Waals surface area contributed by atoms with Gasteiger partial charge in [-0.25, -0.2) is 4.79 Å². The molecule has 3 amide bonds. The molecule has 0 radical (unpaired) electrons. The largest absolute Gasteiger partial charge is 0.457 e. The van der Waals surface area contributed by atoms with Crippen molar-refractivity contribution in [3.05, 3.63) is 72.2 Å². The molecule has 180 valence electrons. The summed E-state index contributed by atoms with van der Waals surface area (Å²) in [6.45, 7) is 0. The number of alkyl halides is 3. The molecule has 12 heteroatoms. The first-order chi connectivity index (χ1) is 16.6. The van der Waals surface area contributed by atoms with Crippen molar-refractivity contribution in [3.63, 3.8) is 0 Å². The lowest BCUT2D eigenvalue weighted by atomic mass is 10.1. The normalized spacial score (nSPS) is 11.2. The summed E-state index contributed by atoms with van der Waals surface area (Å²) in [5.74, 6) is -0.491. The summed E-state index contributed by atoms with van der Waals surface area (Å²) in [7, 11) is 3.19. The molecule has 0 unspecified atom stereocenters. The zero-order chi connectivity index (χ0) is 25.2. The van der Waals surface area contributed by atoms with Crippen LogP contribution in [0, 0.1) is 0 Å². The number of hydrogen-bond donors (Lipinski definition) is 3. The highest BCUT2D eigenvalue weighted by Gasteiger charge is 2.34. The van der Waals surface area contributed by atoms with Gasteiger partial charge in [0.2, 0.25) is 0 Å². The second-order valence-electron chi connectivity index (χ2n) is 7.38. The van der Waals surface area contributed by atoms with Gasteiger partial charge >= 0.3 is 12.2 Å². The molecule has 2 aromatic carbocycles. The minimum Gasteiger partial charge on any atom is -0.457 e. The van der Waals surface area contributed by atoms with Gasteiger partial charge in [-0.2, -0.15) is 18.3 Å². The van der Waals surface area contributed by atoms with Gasteiger partial charge in [0.1, 0.15) is 17.2 Å². The van der Waals surface area contributed by atoms with Gasteiger partial charge < -0.3 is 20.7 Å². The number of hydrogen-bond acceptors (Lipinski definition) is 5. The van der Waals surface area contributed by atoms with Gasteiger partial charge in [-0.3, -0.25) is 14.5 Å². The van der Waals surface area contributed by atoms with Gasteiger partial charge in [0.15, 0.2) is 0 Å². The molecule has 0 saturated carbocycles. The van der Waals surface area contributed by atoms with Crippen LogP contribution in [0.25, 0.3) is 10.9 Å². The number of amides is 3. The second-order valence-corrected chi connectivity index (χ2v) is 7.38. The lowest BCUT2D eigenvalue weighted by Crippen LogP contribution is -2.22. The van der Waals surface area contributed by atoms with Crippen molar-refractivity contribution >= 4 is 34.2 Å². The molecule has 4 rings (SSSR count). The Balaban J connectivity index is 1.53. The molecule has 9 nitrogen and oxygen atoms in total. The van der Waals surface area contributed by atoms with Gasteiger partial charge in [-0.15, -0.1) is 0 Å². The van der Waals surface area contributed by atoms with Crippen LogP contribution in [-0.2, 0) is 13.2 Å². The van der Waals surface area contributed by atoms with Crippen LogP contribution in [0.4, 0.5) is 29.3 Å². The number of aromatic nitrogens is 3. The minimum atomic E-state index is -4.78. The topological polar surface area (TPSA) is 110 Å². The number of aryl methyl sites for hydroxylation is 1. The highest BCUT2D eigenvalue weighted by Crippen LogP contribution is 2.38. The summed E-state index contributed by atoms with van der Waals surface area (Å²) < 4.78 is 48.4. The van der Waals surface area contributed by atoms with E-state index in [1.54, 1.807) is 36.1 Å². The van der Waals surface area contributed by atoms with Gasteiger partial charge in [0.05, 0.1) is 23.0 Å². The molecule has 3 N–H and O–H groups in total. The molecule has 35 heavy (non-hydrogen) atoms. The highest BCUT2D eigenvalue weighted by molar-refractivity contribution is 6.01. The average molecular weight is 484 g/mol. The average Bonchev–Trinajstić information content (AvgIpc) is 3.19. The van der Waals surface area contributed by atoms with Gasteiger partial charge in [0.25, 0.3) is 5.91 Å². The number of carbonyl (C=O) groups excluding carboxylic acids is 2. The van der Waals surface area contributed by atoms with Crippen molar-refractivity contribution in [1.29, 1.82) is 0 Å². The fourth-order valence-corrected chi connectivity index (χ4v) is 3.32. The van der Waals surface area contributed by atoms with Gasteiger partial charge in [-0.05, 0) is 42.5 Å². The third-order valence-corrected chi connectivity index (χ3v) is 4.98. The van der Waals surface area contributed by atoms with E-state index in [1.165, 1.54) is 31.4 Å². The first kappa shape index (κ1) is 23.5. The number of benzene rings is 2. The highest BCUT2D eigenvalue weighted by atomic mass is 19.4. The number of carbonyl (C=O) groups is 2. The summed E-state index contributed by atoms with van der Waals surface area (Å²) in [4.78, 5) is 28.0. The van der Waals surface area contributed by atoms with Crippen LogP contribution in [0.5, 0.6) is 11.5 Å². The molecule has 0 atom stereocenters. The van der Waals surface area contributed by atoms with Crippen LogP contribution in [0.2, 0.25) is 0 Å². The SMILES string of the molecule is CNC(=O)c1cc(Oc2ccc(NC(=O)Nc3ccc4c(cnn4C)c3)c(C(F)(F)F)c2)ccn1. The van der Waals surface area contributed by atoms with Crippen molar-refractivity contribution in [2.24, 2.45) is 7.05 Å². The Morgan fingerprint density at radius 3 is 2.51 bits per heavy atom. The van der Waals surface area contributed by atoms with Crippen LogP contribution < -0.4 is 20.7 Å². The van der Waals surface area contributed by atoms with E-state index in [4.69, 9.17) is 4.74 Å².